The van der Waals surface area contributed by atoms with Crippen LogP contribution >= 0.6 is 0 Å². The maximum absolute atomic E-state index is 12.9. The Kier molecular flexibility index (Phi) is 4.38. The van der Waals surface area contributed by atoms with Crippen LogP contribution in [0.4, 0.5) is 29.7 Å². The summed E-state index contributed by atoms with van der Waals surface area (Å²) in [5.41, 5.74) is 0.802. The lowest BCUT2D eigenvalue weighted by atomic mass is 10.1. The predicted octanol–water partition coefficient (Wildman–Crippen LogP) is 3.53. The third kappa shape index (κ3) is 3.19. The molecule has 11 heteroatoms. The first kappa shape index (κ1) is 19.7. The molecule has 1 saturated carbocycles. The number of hydrogen-bond acceptors (Lipinski definition) is 5. The van der Waals surface area contributed by atoms with Crippen LogP contribution in [-0.4, -0.2) is 49.5 Å². The number of anilines is 2. The minimum absolute atomic E-state index is 0.111. The second-order valence-electron chi connectivity index (χ2n) is 8.31. The number of carbonyl (C=O) groups excluding carboxylic acids is 2. The molecule has 164 valence electrons. The van der Waals surface area contributed by atoms with Crippen molar-refractivity contribution in [3.05, 3.63) is 35.9 Å². The molecule has 3 amide bonds. The maximum atomic E-state index is 12.9. The van der Waals surface area contributed by atoms with Crippen LogP contribution in [0.25, 0.3) is 0 Å². The van der Waals surface area contributed by atoms with Gasteiger partial charge in [0.05, 0.1) is 42.8 Å². The lowest BCUT2D eigenvalue weighted by molar-refractivity contribution is 0.119. The van der Waals surface area contributed by atoms with Gasteiger partial charge < -0.3 is 15.0 Å². The number of hydrogen-bond donors (Lipinski definition) is 1. The second-order valence-corrected chi connectivity index (χ2v) is 8.31. The second kappa shape index (κ2) is 6.89. The van der Waals surface area contributed by atoms with Gasteiger partial charge in [-0.05, 0) is 38.8 Å². The van der Waals surface area contributed by atoms with E-state index in [4.69, 9.17) is 4.74 Å². The molecule has 1 N–H and O–H groups in total. The van der Waals surface area contributed by atoms with E-state index in [0.29, 0.717) is 12.2 Å². The van der Waals surface area contributed by atoms with Crippen LogP contribution in [0.3, 0.4) is 0 Å². The normalized spacial score (nSPS) is 23.8. The minimum atomic E-state index is -2.72. The van der Waals surface area contributed by atoms with Crippen LogP contribution in [0, 0.1) is 0 Å². The number of fused-ring (bicyclic) bond motifs is 1. The molecule has 5 rings (SSSR count). The lowest BCUT2D eigenvalue weighted by Crippen LogP contribution is -2.47. The summed E-state index contributed by atoms with van der Waals surface area (Å²) in [7, 11) is 0. The molecule has 2 atom stereocenters. The van der Waals surface area contributed by atoms with Gasteiger partial charge in [-0.25, -0.2) is 18.4 Å². The molecule has 3 aliphatic rings. The summed E-state index contributed by atoms with van der Waals surface area (Å²) < 4.78 is 33.2. The summed E-state index contributed by atoms with van der Waals surface area (Å²) >= 11 is 0. The zero-order valence-corrected chi connectivity index (χ0v) is 17.1. The van der Waals surface area contributed by atoms with Crippen molar-refractivity contribution in [3.8, 4) is 0 Å². The van der Waals surface area contributed by atoms with Gasteiger partial charge in [0.2, 0.25) is 0 Å². The highest BCUT2D eigenvalue weighted by atomic mass is 19.3. The number of rotatable bonds is 3. The minimum Gasteiger partial charge on any atom is -0.440 e. The van der Waals surface area contributed by atoms with Crippen molar-refractivity contribution in [3.63, 3.8) is 0 Å². The van der Waals surface area contributed by atoms with E-state index in [-0.39, 0.29) is 24.3 Å². The summed E-state index contributed by atoms with van der Waals surface area (Å²) in [5.74, 6) is 0. The number of ether oxygens (including phenoxy) is 1. The number of urea groups is 1. The molecule has 0 unspecified atom stereocenters. The molecule has 1 saturated heterocycles. The van der Waals surface area contributed by atoms with Gasteiger partial charge in [0, 0.05) is 11.9 Å². The molecule has 2 aromatic heterocycles. The maximum Gasteiger partial charge on any atom is 0.415 e. The number of nitrogens with one attached hydrogen (secondary N) is 1. The quantitative estimate of drug-likeness (QED) is 0.801. The standard InChI is InChI=1S/C20H22F2N6O3/c1-11-9-27-16(15(8-24-27)28-12(2)20(4-5-20)31-19(28)30)10-26(11)18(29)25-13-3-6-23-14(7-13)17(21)22/h3,6-8,11-12,17H,4-5,9-10H2,1-2H3,(H,23,25,29)/t11-,12-/m0/s1. The first-order valence-electron chi connectivity index (χ1n) is 10.2. The lowest BCUT2D eigenvalue weighted by Gasteiger charge is -2.35. The molecule has 2 fully saturated rings. The van der Waals surface area contributed by atoms with E-state index in [2.05, 4.69) is 15.4 Å². The molecule has 9 nitrogen and oxygen atoms in total. The number of aromatic nitrogens is 3. The van der Waals surface area contributed by atoms with Crippen molar-refractivity contribution >= 4 is 23.5 Å². The zero-order chi connectivity index (χ0) is 21.9. The van der Waals surface area contributed by atoms with Crippen LogP contribution in [0.2, 0.25) is 0 Å². The van der Waals surface area contributed by atoms with Crippen molar-refractivity contribution < 1.29 is 23.1 Å². The van der Waals surface area contributed by atoms with Crippen molar-refractivity contribution in [1.29, 1.82) is 0 Å². The van der Waals surface area contributed by atoms with Crippen LogP contribution in [-0.2, 0) is 17.8 Å². The first-order chi connectivity index (χ1) is 14.8. The van der Waals surface area contributed by atoms with Crippen LogP contribution in [0.15, 0.2) is 24.5 Å². The molecule has 1 aliphatic carbocycles. The average molecular weight is 432 g/mol. The smallest absolute Gasteiger partial charge is 0.415 e. The van der Waals surface area contributed by atoms with Gasteiger partial charge in [-0.15, -0.1) is 0 Å². The summed E-state index contributed by atoms with van der Waals surface area (Å²) in [6.07, 6.45) is 1.44. The SMILES string of the molecule is C[C@@H]1N(c2cnn3c2CN(C(=O)Nc2ccnc(C(F)F)c2)[C@@H](C)C3)C(=O)OC12CC2. The van der Waals surface area contributed by atoms with Crippen LogP contribution in [0.5, 0.6) is 0 Å². The van der Waals surface area contributed by atoms with E-state index in [1.165, 1.54) is 12.3 Å². The van der Waals surface area contributed by atoms with E-state index < -0.39 is 29.8 Å². The number of alkyl halides is 2. The average Bonchev–Trinajstić information content (AvgIpc) is 3.34. The van der Waals surface area contributed by atoms with E-state index in [1.807, 2.05) is 13.8 Å². The summed E-state index contributed by atoms with van der Waals surface area (Å²) in [5, 5.41) is 7.08. The summed E-state index contributed by atoms with van der Waals surface area (Å²) in [6.45, 7) is 4.51. The number of pyridine rings is 1. The Labute approximate surface area is 177 Å². The Bertz CT molecular complexity index is 1050. The number of halogens is 2. The molecule has 1 spiro atoms. The topological polar surface area (TPSA) is 92.6 Å². The fourth-order valence-electron chi connectivity index (χ4n) is 4.35. The third-order valence-electron chi connectivity index (χ3n) is 6.37. The predicted molar refractivity (Wildman–Crippen MR) is 106 cm³/mol. The summed E-state index contributed by atoms with van der Waals surface area (Å²) in [6, 6.07) is 1.90. The zero-order valence-electron chi connectivity index (χ0n) is 17.1. The Morgan fingerprint density at radius 2 is 2.13 bits per heavy atom. The van der Waals surface area contributed by atoms with E-state index in [9.17, 15) is 18.4 Å². The Balaban J connectivity index is 1.38. The first-order valence-corrected chi connectivity index (χ1v) is 10.2. The van der Waals surface area contributed by atoms with E-state index in [0.717, 1.165) is 24.6 Å². The fourth-order valence-corrected chi connectivity index (χ4v) is 4.35. The largest absolute Gasteiger partial charge is 0.440 e. The van der Waals surface area contributed by atoms with Gasteiger partial charge in [-0.2, -0.15) is 5.10 Å². The number of carbonyl (C=O) groups is 2. The fraction of sp³-hybridized carbons (Fsp3) is 0.500. The molecule has 0 bridgehead atoms. The van der Waals surface area contributed by atoms with Gasteiger partial charge in [-0.1, -0.05) is 0 Å². The Morgan fingerprint density at radius 1 is 1.35 bits per heavy atom. The van der Waals surface area contributed by atoms with Crippen molar-refractivity contribution in [1.82, 2.24) is 19.7 Å². The van der Waals surface area contributed by atoms with Gasteiger partial charge in [-0.3, -0.25) is 14.6 Å². The molecular formula is C20H22F2N6O3. The molecular weight excluding hydrogens is 410 g/mol. The van der Waals surface area contributed by atoms with Crippen molar-refractivity contribution in [2.45, 2.75) is 63.9 Å². The number of nitrogens with zero attached hydrogens (tertiary/aromatic N) is 5. The molecule has 4 heterocycles. The summed E-state index contributed by atoms with van der Waals surface area (Å²) in [4.78, 5) is 32.3. The van der Waals surface area contributed by atoms with Gasteiger partial charge in [0.25, 0.3) is 6.43 Å². The van der Waals surface area contributed by atoms with E-state index in [1.54, 1.807) is 20.7 Å². The Morgan fingerprint density at radius 3 is 2.81 bits per heavy atom. The van der Waals surface area contributed by atoms with Crippen LogP contribution < -0.4 is 10.2 Å². The molecule has 0 aromatic carbocycles. The number of amides is 3. The van der Waals surface area contributed by atoms with Crippen molar-refractivity contribution in [2.24, 2.45) is 0 Å². The van der Waals surface area contributed by atoms with Gasteiger partial charge in [0.15, 0.2) is 0 Å². The monoisotopic (exact) mass is 432 g/mol. The molecule has 2 aliphatic heterocycles. The van der Waals surface area contributed by atoms with Gasteiger partial charge in [0.1, 0.15) is 11.3 Å². The molecule has 2 aromatic rings. The van der Waals surface area contributed by atoms with Crippen molar-refractivity contribution in [2.75, 3.05) is 10.2 Å². The molecule has 0 radical (unpaired) electrons. The highest BCUT2D eigenvalue weighted by molar-refractivity contribution is 5.93. The Hall–Kier alpha value is -3.24. The third-order valence-corrected chi connectivity index (χ3v) is 6.37. The highest BCUT2D eigenvalue weighted by Gasteiger charge is 2.61. The van der Waals surface area contributed by atoms with E-state index >= 15 is 0 Å². The highest BCUT2D eigenvalue weighted by Crippen LogP contribution is 2.50. The van der Waals surface area contributed by atoms with Crippen LogP contribution in [0.1, 0.15) is 44.5 Å². The van der Waals surface area contributed by atoms with Gasteiger partial charge >= 0.3 is 12.1 Å². The molecule has 31 heavy (non-hydrogen) atoms.